The summed E-state index contributed by atoms with van der Waals surface area (Å²) in [7, 11) is -3.72. The molecule has 0 aromatic heterocycles. The smallest absolute Gasteiger partial charge is 0.390 e. The maximum Gasteiger partial charge on any atom is 0.417 e. The zero-order valence-corrected chi connectivity index (χ0v) is 29.4. The molecule has 5 aliphatic carbocycles. The van der Waals surface area contributed by atoms with Gasteiger partial charge in [0.05, 0.1) is 15.7 Å². The Morgan fingerprint density at radius 3 is 2.07 bits per heavy atom. The van der Waals surface area contributed by atoms with E-state index in [0.717, 1.165) is 51.4 Å². The normalized spacial score (nSPS) is 41.9. The van der Waals surface area contributed by atoms with Crippen LogP contribution in [0.2, 0.25) is 0 Å². The van der Waals surface area contributed by atoms with Crippen molar-refractivity contribution in [1.29, 1.82) is 0 Å². The third-order valence-electron chi connectivity index (χ3n) is 15.1. The number of hydrogen-bond acceptors (Lipinski definition) is 4. The molecule has 46 heavy (non-hydrogen) atoms. The predicted octanol–water partition coefficient (Wildman–Crippen LogP) is 9.14. The van der Waals surface area contributed by atoms with Crippen LogP contribution in [-0.2, 0) is 9.84 Å². The van der Waals surface area contributed by atoms with Gasteiger partial charge in [0, 0.05) is 0 Å². The van der Waals surface area contributed by atoms with Gasteiger partial charge >= 0.3 is 6.18 Å². The number of alkyl halides is 3. The van der Waals surface area contributed by atoms with Crippen LogP contribution in [0.1, 0.15) is 125 Å². The molecule has 6 rings (SSSR count). The Kier molecular flexibility index (Phi) is 8.66. The van der Waals surface area contributed by atoms with E-state index in [1.54, 1.807) is 24.3 Å². The quantitative estimate of drug-likeness (QED) is 0.318. The van der Waals surface area contributed by atoms with Gasteiger partial charge in [0.1, 0.15) is 0 Å². The van der Waals surface area contributed by atoms with Gasteiger partial charge in [-0.2, -0.15) is 13.2 Å². The molecule has 260 valence electrons. The highest BCUT2D eigenvalue weighted by molar-refractivity contribution is 7.92. The van der Waals surface area contributed by atoms with Crippen molar-refractivity contribution in [1.82, 2.24) is 0 Å². The number of hydrogen-bond donors (Lipinski definition) is 2. The van der Waals surface area contributed by atoms with Crippen LogP contribution in [0.3, 0.4) is 0 Å². The van der Waals surface area contributed by atoms with E-state index in [1.807, 2.05) is 6.07 Å². The number of sulfone groups is 1. The molecule has 4 nitrogen and oxygen atoms in total. The Bertz CT molecular complexity index is 1370. The van der Waals surface area contributed by atoms with Crippen LogP contribution in [0.25, 0.3) is 0 Å². The van der Waals surface area contributed by atoms with Crippen LogP contribution < -0.4 is 0 Å². The zero-order chi connectivity index (χ0) is 33.6. The van der Waals surface area contributed by atoms with Crippen LogP contribution in [0.15, 0.2) is 35.2 Å². The van der Waals surface area contributed by atoms with E-state index in [4.69, 9.17) is 0 Å². The second-order valence-electron chi connectivity index (χ2n) is 18.0. The van der Waals surface area contributed by atoms with E-state index in [9.17, 15) is 31.8 Å². The fourth-order valence-electron chi connectivity index (χ4n) is 12.0. The van der Waals surface area contributed by atoms with E-state index in [1.165, 1.54) is 0 Å². The van der Waals surface area contributed by atoms with Crippen molar-refractivity contribution in [3.63, 3.8) is 0 Å². The van der Waals surface area contributed by atoms with Gasteiger partial charge in [-0.25, -0.2) is 8.42 Å². The van der Waals surface area contributed by atoms with Gasteiger partial charge in [-0.05, 0) is 154 Å². The summed E-state index contributed by atoms with van der Waals surface area (Å²) in [6.45, 7) is 11.2. The number of halogens is 3. The molecule has 2 unspecified atom stereocenters. The fraction of sp³-hybridized carbons (Fsp3) is 0.842. The Labute approximate surface area is 275 Å². The highest BCUT2D eigenvalue weighted by Gasteiger charge is 2.65. The molecular formula is C38H57F3O4S. The summed E-state index contributed by atoms with van der Waals surface area (Å²) < 4.78 is 70.5. The van der Waals surface area contributed by atoms with Gasteiger partial charge in [-0.3, -0.25) is 0 Å². The van der Waals surface area contributed by atoms with Gasteiger partial charge in [0.15, 0.2) is 15.4 Å². The SMILES string of the molecule is C[C@H](C(CC1(O)CCC(C)(C)CC1)S(=O)(=O)c1ccccc1)[C@H]1CC[C@H]2[C@@H]3CC[C@H]4C[C@](O)(C(F)(F)F)CC[C@]4(C)C3CC[C@]12C. The second kappa shape index (κ2) is 11.5. The van der Waals surface area contributed by atoms with Gasteiger partial charge in [0.25, 0.3) is 0 Å². The van der Waals surface area contributed by atoms with Crippen molar-refractivity contribution >= 4 is 9.84 Å². The average molecular weight is 667 g/mol. The van der Waals surface area contributed by atoms with Crippen molar-refractivity contribution in [2.75, 3.05) is 0 Å². The number of aliphatic hydroxyl groups is 2. The zero-order valence-electron chi connectivity index (χ0n) is 28.6. The Morgan fingerprint density at radius 2 is 1.43 bits per heavy atom. The first kappa shape index (κ1) is 34.7. The molecule has 0 spiro atoms. The summed E-state index contributed by atoms with van der Waals surface area (Å²) in [6.07, 6.45) is 4.15. The lowest BCUT2D eigenvalue weighted by Crippen LogP contribution is -2.59. The first-order valence-electron chi connectivity index (χ1n) is 18.1. The van der Waals surface area contributed by atoms with Crippen LogP contribution in [0.5, 0.6) is 0 Å². The summed E-state index contributed by atoms with van der Waals surface area (Å²) in [6, 6.07) is 8.77. The fourth-order valence-corrected chi connectivity index (χ4v) is 14.2. The first-order valence-corrected chi connectivity index (χ1v) is 19.6. The van der Waals surface area contributed by atoms with Crippen molar-refractivity contribution in [2.45, 2.75) is 152 Å². The third-order valence-corrected chi connectivity index (χ3v) is 17.5. The highest BCUT2D eigenvalue weighted by atomic mass is 32.2. The van der Waals surface area contributed by atoms with Crippen molar-refractivity contribution in [3.8, 4) is 0 Å². The summed E-state index contributed by atoms with van der Waals surface area (Å²) in [5.74, 6) is 1.10. The van der Waals surface area contributed by atoms with Gasteiger partial charge in [0.2, 0.25) is 0 Å². The molecular weight excluding hydrogens is 609 g/mol. The summed E-state index contributed by atoms with van der Waals surface area (Å²) >= 11 is 0. The summed E-state index contributed by atoms with van der Waals surface area (Å²) in [4.78, 5) is 0.331. The minimum absolute atomic E-state index is 0.0488. The Hall–Kier alpha value is -1.12. The van der Waals surface area contributed by atoms with Crippen molar-refractivity contribution in [2.24, 2.45) is 51.8 Å². The lowest BCUT2D eigenvalue weighted by atomic mass is 9.43. The maximum atomic E-state index is 14.5. The molecule has 5 fully saturated rings. The second-order valence-corrected chi connectivity index (χ2v) is 20.1. The molecule has 0 amide bonds. The Balaban J connectivity index is 1.26. The predicted molar refractivity (Wildman–Crippen MR) is 175 cm³/mol. The monoisotopic (exact) mass is 666 g/mol. The first-order chi connectivity index (χ1) is 21.2. The van der Waals surface area contributed by atoms with Gasteiger partial charge < -0.3 is 10.2 Å². The molecule has 0 radical (unpaired) electrons. The average Bonchev–Trinajstić information content (AvgIpc) is 3.35. The lowest BCUT2D eigenvalue weighted by Gasteiger charge is -2.62. The summed E-state index contributed by atoms with van der Waals surface area (Å²) in [5.41, 5.74) is -3.68. The largest absolute Gasteiger partial charge is 0.417 e. The van der Waals surface area contributed by atoms with E-state index in [0.29, 0.717) is 41.9 Å². The van der Waals surface area contributed by atoms with Crippen LogP contribution in [0, 0.1) is 51.8 Å². The van der Waals surface area contributed by atoms with E-state index in [-0.39, 0.29) is 53.3 Å². The standard InChI is InChI=1S/C38H57F3O4S/c1-25(32(46(44,45)27-9-7-6-8-10-27)24-36(42)20-17-33(2,3)18-21-36)29-13-14-30-28-12-11-26-23-37(43,38(39,40)41)22-19-34(26,4)31(28)15-16-35(29,30)5/h6-10,25-26,28-32,42-43H,11-24H2,1-5H3/t25-,26-,28-,29+,30-,31?,32?,34-,35+,37-/m0/s1. The molecule has 5 saturated carbocycles. The van der Waals surface area contributed by atoms with E-state index < -0.39 is 32.5 Å². The third kappa shape index (κ3) is 5.70. The maximum absolute atomic E-state index is 14.5. The topological polar surface area (TPSA) is 74.6 Å². The minimum atomic E-state index is -4.59. The molecule has 1 aromatic carbocycles. The molecule has 1 aromatic rings. The number of benzene rings is 1. The lowest BCUT2D eigenvalue weighted by molar-refractivity contribution is -0.290. The molecule has 10 atom stereocenters. The minimum Gasteiger partial charge on any atom is -0.390 e. The van der Waals surface area contributed by atoms with Crippen LogP contribution in [-0.4, -0.2) is 41.3 Å². The van der Waals surface area contributed by atoms with Gasteiger partial charge in [-0.15, -0.1) is 0 Å². The Morgan fingerprint density at radius 1 is 0.804 bits per heavy atom. The van der Waals surface area contributed by atoms with Crippen molar-refractivity contribution in [3.05, 3.63) is 30.3 Å². The molecule has 0 aliphatic heterocycles. The summed E-state index contributed by atoms with van der Waals surface area (Å²) in [5, 5.41) is 21.8. The molecule has 5 aliphatic rings. The van der Waals surface area contributed by atoms with E-state index in [2.05, 4.69) is 34.6 Å². The number of fused-ring (bicyclic) bond motifs is 5. The molecule has 0 heterocycles. The van der Waals surface area contributed by atoms with Crippen LogP contribution >= 0.6 is 0 Å². The molecule has 0 saturated heterocycles. The van der Waals surface area contributed by atoms with Crippen molar-refractivity contribution < 1.29 is 31.8 Å². The van der Waals surface area contributed by atoms with Gasteiger partial charge in [-0.1, -0.05) is 52.8 Å². The van der Waals surface area contributed by atoms with Crippen LogP contribution in [0.4, 0.5) is 13.2 Å². The molecule has 2 N–H and O–H groups in total. The molecule has 0 bridgehead atoms. The van der Waals surface area contributed by atoms with E-state index >= 15 is 0 Å². The number of rotatable bonds is 6. The highest BCUT2D eigenvalue weighted by Crippen LogP contribution is 2.69. The molecule has 8 heteroatoms.